The Balaban J connectivity index is 3.13. The van der Waals surface area contributed by atoms with Crippen molar-refractivity contribution >= 4 is 0 Å². The van der Waals surface area contributed by atoms with Gasteiger partial charge in [-0.05, 0) is 25.7 Å². The number of nitrogens with zero attached hydrogens (tertiary/aromatic N) is 2. The third kappa shape index (κ3) is 8.46. The molecule has 0 aromatic rings. The van der Waals surface area contributed by atoms with Crippen LogP contribution in [0, 0.1) is 22.7 Å². The van der Waals surface area contributed by atoms with Crippen molar-refractivity contribution in [2.45, 2.75) is 25.7 Å². The molecule has 0 unspecified atom stereocenters. The Bertz CT molecular complexity index is 199. The summed E-state index contributed by atoms with van der Waals surface area (Å²) in [5.41, 5.74) is 0. The predicted molar refractivity (Wildman–Crippen MR) is 48.0 cm³/mol. The molecule has 0 saturated heterocycles. The van der Waals surface area contributed by atoms with Crippen molar-refractivity contribution in [1.29, 1.82) is 10.5 Å². The highest BCUT2D eigenvalue weighted by atomic mass is 14.2. The van der Waals surface area contributed by atoms with Crippen LogP contribution in [0.5, 0.6) is 0 Å². The maximum absolute atomic E-state index is 8.15. The average Bonchev–Trinajstić information content (AvgIpc) is 2.10. The SMILES string of the molecule is N#CC=CCCCCC=CC#N. The fourth-order valence-electron chi connectivity index (χ4n) is 0.796. The van der Waals surface area contributed by atoms with Crippen LogP contribution in [0.4, 0.5) is 0 Å². The van der Waals surface area contributed by atoms with Gasteiger partial charge in [0, 0.05) is 12.2 Å². The van der Waals surface area contributed by atoms with E-state index in [4.69, 9.17) is 10.5 Å². The first-order chi connectivity index (χ1) is 5.91. The fourth-order valence-corrected chi connectivity index (χ4v) is 0.796. The van der Waals surface area contributed by atoms with Gasteiger partial charge in [-0.15, -0.1) is 0 Å². The van der Waals surface area contributed by atoms with Gasteiger partial charge in [0.2, 0.25) is 0 Å². The maximum Gasteiger partial charge on any atom is 0.0908 e. The number of hydrogen-bond donors (Lipinski definition) is 0. The summed E-state index contributed by atoms with van der Waals surface area (Å²) in [6, 6.07) is 3.88. The Kier molecular flexibility index (Phi) is 8.25. The molecule has 2 heteroatoms. The lowest BCUT2D eigenvalue weighted by Crippen LogP contribution is -1.71. The minimum Gasteiger partial charge on any atom is -0.193 e. The summed E-state index contributed by atoms with van der Waals surface area (Å²) in [7, 11) is 0. The van der Waals surface area contributed by atoms with E-state index in [0.29, 0.717) is 0 Å². The molecule has 0 rings (SSSR count). The van der Waals surface area contributed by atoms with Crippen molar-refractivity contribution in [2.75, 3.05) is 0 Å². The zero-order valence-corrected chi connectivity index (χ0v) is 7.03. The smallest absolute Gasteiger partial charge is 0.0908 e. The van der Waals surface area contributed by atoms with E-state index in [1.54, 1.807) is 0 Å². The molecule has 0 heterocycles. The minimum atomic E-state index is 0.952. The molecule has 0 aromatic heterocycles. The van der Waals surface area contributed by atoms with Crippen molar-refractivity contribution in [1.82, 2.24) is 0 Å². The van der Waals surface area contributed by atoms with E-state index in [1.807, 2.05) is 24.3 Å². The summed E-state index contributed by atoms with van der Waals surface area (Å²) in [6.45, 7) is 0. The van der Waals surface area contributed by atoms with Crippen LogP contribution in [0.3, 0.4) is 0 Å². The van der Waals surface area contributed by atoms with Gasteiger partial charge in [0.05, 0.1) is 12.1 Å². The molecule has 0 N–H and O–H groups in total. The molecule has 12 heavy (non-hydrogen) atoms. The number of rotatable bonds is 5. The molecule has 2 nitrogen and oxygen atoms in total. The van der Waals surface area contributed by atoms with Gasteiger partial charge in [-0.1, -0.05) is 12.2 Å². The molecule has 0 radical (unpaired) electrons. The summed E-state index contributed by atoms with van der Waals surface area (Å²) in [6.07, 6.45) is 10.8. The first-order valence-corrected chi connectivity index (χ1v) is 4.01. The van der Waals surface area contributed by atoms with Crippen LogP contribution in [0.25, 0.3) is 0 Å². The summed E-state index contributed by atoms with van der Waals surface area (Å²) in [5, 5.41) is 16.3. The second-order valence-electron chi connectivity index (χ2n) is 2.35. The molecular weight excluding hydrogens is 148 g/mol. The Labute approximate surface area is 73.4 Å². The molecule has 0 bridgehead atoms. The van der Waals surface area contributed by atoms with E-state index in [0.717, 1.165) is 25.7 Å². The first kappa shape index (κ1) is 10.5. The van der Waals surface area contributed by atoms with E-state index in [-0.39, 0.29) is 0 Å². The summed E-state index contributed by atoms with van der Waals surface area (Å²) < 4.78 is 0. The second kappa shape index (κ2) is 9.46. The number of allylic oxidation sites excluding steroid dienone is 4. The van der Waals surface area contributed by atoms with Crippen LogP contribution in [0.1, 0.15) is 25.7 Å². The standard InChI is InChI=1S/C10H12N2/c11-9-7-5-3-1-2-4-6-8-10-12/h5-8H,1-4H2. The van der Waals surface area contributed by atoms with E-state index in [1.165, 1.54) is 12.2 Å². The van der Waals surface area contributed by atoms with Gasteiger partial charge in [-0.3, -0.25) is 0 Å². The Morgan fingerprint density at radius 2 is 1.25 bits per heavy atom. The van der Waals surface area contributed by atoms with Crippen LogP contribution in [0.15, 0.2) is 24.3 Å². The molecule has 62 valence electrons. The van der Waals surface area contributed by atoms with Gasteiger partial charge < -0.3 is 0 Å². The Hall–Kier alpha value is -1.54. The van der Waals surface area contributed by atoms with Gasteiger partial charge in [-0.25, -0.2) is 0 Å². The van der Waals surface area contributed by atoms with Gasteiger partial charge in [0.15, 0.2) is 0 Å². The largest absolute Gasteiger partial charge is 0.193 e. The zero-order chi connectivity index (χ0) is 9.07. The van der Waals surface area contributed by atoms with Crippen molar-refractivity contribution in [2.24, 2.45) is 0 Å². The van der Waals surface area contributed by atoms with Crippen molar-refractivity contribution in [3.05, 3.63) is 24.3 Å². The molecule has 0 aliphatic carbocycles. The topological polar surface area (TPSA) is 47.6 Å². The van der Waals surface area contributed by atoms with Gasteiger partial charge >= 0.3 is 0 Å². The number of unbranched alkanes of at least 4 members (excludes halogenated alkanes) is 3. The normalized spacial score (nSPS) is 10.2. The highest BCUT2D eigenvalue weighted by Gasteiger charge is 1.82. The number of hydrogen-bond acceptors (Lipinski definition) is 2. The molecular formula is C10H12N2. The van der Waals surface area contributed by atoms with E-state index >= 15 is 0 Å². The van der Waals surface area contributed by atoms with Gasteiger partial charge in [0.1, 0.15) is 0 Å². The zero-order valence-electron chi connectivity index (χ0n) is 7.03. The molecule has 0 atom stereocenters. The molecule has 0 fully saturated rings. The molecule has 0 amide bonds. The maximum atomic E-state index is 8.15. The molecule has 0 aromatic carbocycles. The summed E-state index contributed by atoms with van der Waals surface area (Å²) in [5.74, 6) is 0. The van der Waals surface area contributed by atoms with Crippen LogP contribution >= 0.6 is 0 Å². The highest BCUT2D eigenvalue weighted by Crippen LogP contribution is 2.00. The van der Waals surface area contributed by atoms with Crippen molar-refractivity contribution < 1.29 is 0 Å². The van der Waals surface area contributed by atoms with Crippen molar-refractivity contribution in [3.63, 3.8) is 0 Å². The monoisotopic (exact) mass is 160 g/mol. The Morgan fingerprint density at radius 1 is 0.833 bits per heavy atom. The lowest BCUT2D eigenvalue weighted by Gasteiger charge is -1.90. The van der Waals surface area contributed by atoms with Gasteiger partial charge in [-0.2, -0.15) is 10.5 Å². The molecule has 0 saturated carbocycles. The average molecular weight is 160 g/mol. The van der Waals surface area contributed by atoms with Crippen LogP contribution in [0.2, 0.25) is 0 Å². The van der Waals surface area contributed by atoms with Crippen LogP contribution < -0.4 is 0 Å². The van der Waals surface area contributed by atoms with Crippen molar-refractivity contribution in [3.8, 4) is 12.1 Å². The summed E-state index contributed by atoms with van der Waals surface area (Å²) >= 11 is 0. The first-order valence-electron chi connectivity index (χ1n) is 4.01. The van der Waals surface area contributed by atoms with E-state index < -0.39 is 0 Å². The lowest BCUT2D eigenvalue weighted by atomic mass is 10.2. The quantitative estimate of drug-likeness (QED) is 0.458. The van der Waals surface area contributed by atoms with Crippen LogP contribution in [-0.4, -0.2) is 0 Å². The minimum absolute atomic E-state index is 0.952. The highest BCUT2D eigenvalue weighted by molar-refractivity contribution is 5.02. The van der Waals surface area contributed by atoms with E-state index in [9.17, 15) is 0 Å². The second-order valence-corrected chi connectivity index (χ2v) is 2.35. The van der Waals surface area contributed by atoms with Gasteiger partial charge in [0.25, 0.3) is 0 Å². The molecule has 0 spiro atoms. The Morgan fingerprint density at radius 3 is 1.58 bits per heavy atom. The third-order valence-electron chi connectivity index (χ3n) is 1.38. The molecule has 0 aliphatic heterocycles. The van der Waals surface area contributed by atoms with E-state index in [2.05, 4.69) is 0 Å². The van der Waals surface area contributed by atoms with Crippen LogP contribution in [-0.2, 0) is 0 Å². The molecule has 0 aliphatic rings. The lowest BCUT2D eigenvalue weighted by molar-refractivity contribution is 0.762. The number of nitriles is 2. The third-order valence-corrected chi connectivity index (χ3v) is 1.38. The fraction of sp³-hybridized carbons (Fsp3) is 0.400. The summed E-state index contributed by atoms with van der Waals surface area (Å²) in [4.78, 5) is 0. The predicted octanol–water partition coefficient (Wildman–Crippen LogP) is 2.71.